The largest absolute Gasteiger partial charge is 0.351 e. The van der Waals surface area contributed by atoms with Crippen molar-refractivity contribution in [3.05, 3.63) is 35.9 Å². The van der Waals surface area contributed by atoms with Crippen LogP contribution in [0.1, 0.15) is 19.4 Å². The molecule has 0 bridgehead atoms. The van der Waals surface area contributed by atoms with Gasteiger partial charge in [-0.05, 0) is 19.4 Å². The van der Waals surface area contributed by atoms with Gasteiger partial charge in [-0.15, -0.1) is 0 Å². The Hall–Kier alpha value is -0.550. The topological polar surface area (TPSA) is 44.5 Å². The van der Waals surface area contributed by atoms with Crippen molar-refractivity contribution in [3.8, 4) is 0 Å². The molecule has 1 rings (SSSR count). The zero-order valence-electron chi connectivity index (χ0n) is 11.2. The van der Waals surface area contributed by atoms with E-state index in [1.807, 2.05) is 31.7 Å². The maximum atomic E-state index is 6.08. The third-order valence-electron chi connectivity index (χ3n) is 2.43. The van der Waals surface area contributed by atoms with Gasteiger partial charge in [-0.25, -0.2) is 0 Å². The lowest BCUT2D eigenvalue weighted by atomic mass is 10.2. The summed E-state index contributed by atoms with van der Waals surface area (Å²) in [5.41, 5.74) is 7.40. The molecule has 102 valence electrons. The molecule has 0 radical (unpaired) electrons. The molecule has 0 aliphatic rings. The summed E-state index contributed by atoms with van der Waals surface area (Å²) >= 11 is 1.81. The fourth-order valence-electron chi connectivity index (χ4n) is 1.59. The van der Waals surface area contributed by atoms with Crippen LogP contribution in [0.25, 0.3) is 0 Å². The minimum atomic E-state index is -0.289. The lowest BCUT2D eigenvalue weighted by molar-refractivity contribution is -0.144. The molecule has 1 aromatic rings. The Morgan fingerprint density at radius 2 is 1.72 bits per heavy atom. The van der Waals surface area contributed by atoms with E-state index >= 15 is 0 Å². The first kappa shape index (κ1) is 15.5. The van der Waals surface area contributed by atoms with E-state index in [1.54, 1.807) is 0 Å². The molecular weight excluding hydrogens is 246 g/mol. The summed E-state index contributed by atoms with van der Waals surface area (Å²) in [6.07, 6.45) is -0.289. The predicted octanol–water partition coefficient (Wildman–Crippen LogP) is 2.65. The van der Waals surface area contributed by atoms with Gasteiger partial charge in [0.1, 0.15) is 0 Å². The van der Waals surface area contributed by atoms with Gasteiger partial charge in [0.25, 0.3) is 0 Å². The van der Waals surface area contributed by atoms with Crippen LogP contribution >= 0.6 is 11.8 Å². The molecule has 3 nitrogen and oxygen atoms in total. The second-order valence-corrected chi connectivity index (χ2v) is 4.97. The number of rotatable bonds is 9. The number of hydrogen-bond acceptors (Lipinski definition) is 4. The Kier molecular flexibility index (Phi) is 8.09. The highest BCUT2D eigenvalue weighted by Gasteiger charge is 2.17. The fraction of sp³-hybridized carbons (Fsp3) is 0.571. The van der Waals surface area contributed by atoms with Gasteiger partial charge < -0.3 is 15.2 Å². The Morgan fingerprint density at radius 1 is 1.11 bits per heavy atom. The molecule has 0 aliphatic heterocycles. The molecule has 1 atom stereocenters. The van der Waals surface area contributed by atoms with Crippen LogP contribution in [0.4, 0.5) is 0 Å². The number of hydrogen-bond donors (Lipinski definition) is 1. The van der Waals surface area contributed by atoms with Gasteiger partial charge in [-0.3, -0.25) is 0 Å². The molecule has 0 amide bonds. The van der Waals surface area contributed by atoms with Crippen LogP contribution in [0.15, 0.2) is 30.3 Å². The van der Waals surface area contributed by atoms with E-state index in [4.69, 9.17) is 15.2 Å². The van der Waals surface area contributed by atoms with Crippen molar-refractivity contribution in [2.45, 2.75) is 31.9 Å². The Balaban J connectivity index is 2.28. The molecule has 0 spiro atoms. The molecule has 0 aliphatic carbocycles. The van der Waals surface area contributed by atoms with Crippen LogP contribution in [0.5, 0.6) is 0 Å². The summed E-state index contributed by atoms with van der Waals surface area (Å²) in [5, 5.41) is 0. The van der Waals surface area contributed by atoms with E-state index in [-0.39, 0.29) is 12.3 Å². The van der Waals surface area contributed by atoms with Gasteiger partial charge in [0.2, 0.25) is 0 Å². The zero-order valence-corrected chi connectivity index (χ0v) is 12.0. The fourth-order valence-corrected chi connectivity index (χ4v) is 2.56. The quantitative estimate of drug-likeness (QED) is 0.700. The molecule has 0 saturated carbocycles. The molecule has 18 heavy (non-hydrogen) atoms. The van der Waals surface area contributed by atoms with Crippen LogP contribution < -0.4 is 5.73 Å². The maximum absolute atomic E-state index is 6.08. The Bertz CT molecular complexity index is 302. The summed E-state index contributed by atoms with van der Waals surface area (Å²) < 4.78 is 11.0. The highest BCUT2D eigenvalue weighted by molar-refractivity contribution is 7.98. The molecule has 1 aromatic carbocycles. The highest BCUT2D eigenvalue weighted by Crippen LogP contribution is 2.14. The molecule has 0 aromatic heterocycles. The van der Waals surface area contributed by atoms with E-state index < -0.39 is 0 Å². The van der Waals surface area contributed by atoms with Gasteiger partial charge in [0, 0.05) is 24.7 Å². The summed E-state index contributed by atoms with van der Waals surface area (Å²) in [5.74, 6) is 1.80. The minimum absolute atomic E-state index is 0.0846. The third-order valence-corrected chi connectivity index (χ3v) is 3.59. The molecule has 2 N–H and O–H groups in total. The standard InChI is InChI=1S/C14H23NO2S/c1-3-16-14(17-4-2)13(15)11-18-10-12-8-6-5-7-9-12/h5-9,13-14H,3-4,10-11,15H2,1-2H3/t13-/m1/s1. The average Bonchev–Trinajstić information content (AvgIpc) is 2.39. The highest BCUT2D eigenvalue weighted by atomic mass is 32.2. The van der Waals surface area contributed by atoms with Crippen LogP contribution in [0.3, 0.4) is 0 Å². The predicted molar refractivity (Wildman–Crippen MR) is 77.6 cm³/mol. The zero-order chi connectivity index (χ0) is 13.2. The monoisotopic (exact) mass is 269 g/mol. The van der Waals surface area contributed by atoms with Crippen LogP contribution in [0.2, 0.25) is 0 Å². The Morgan fingerprint density at radius 3 is 2.28 bits per heavy atom. The van der Waals surface area contributed by atoms with E-state index in [0.717, 1.165) is 11.5 Å². The van der Waals surface area contributed by atoms with Crippen molar-refractivity contribution < 1.29 is 9.47 Å². The molecule has 0 unspecified atom stereocenters. The van der Waals surface area contributed by atoms with Gasteiger partial charge in [0.15, 0.2) is 6.29 Å². The van der Waals surface area contributed by atoms with Crippen molar-refractivity contribution in [2.75, 3.05) is 19.0 Å². The maximum Gasteiger partial charge on any atom is 0.173 e. The summed E-state index contributed by atoms with van der Waals surface area (Å²) in [4.78, 5) is 0. The molecule has 0 heterocycles. The first-order valence-corrected chi connectivity index (χ1v) is 7.53. The van der Waals surface area contributed by atoms with Gasteiger partial charge in [-0.1, -0.05) is 30.3 Å². The molecule has 0 saturated heterocycles. The summed E-state index contributed by atoms with van der Waals surface area (Å²) in [7, 11) is 0. The van der Waals surface area contributed by atoms with Crippen molar-refractivity contribution in [1.82, 2.24) is 0 Å². The molecule has 0 fully saturated rings. The number of nitrogens with two attached hydrogens (primary N) is 1. The van der Waals surface area contributed by atoms with Gasteiger partial charge >= 0.3 is 0 Å². The van der Waals surface area contributed by atoms with E-state index in [0.29, 0.717) is 13.2 Å². The lowest BCUT2D eigenvalue weighted by Crippen LogP contribution is -2.40. The molecule has 4 heteroatoms. The van der Waals surface area contributed by atoms with Crippen LogP contribution in [0, 0.1) is 0 Å². The number of benzene rings is 1. The summed E-state index contributed by atoms with van der Waals surface area (Å²) in [6, 6.07) is 10.3. The van der Waals surface area contributed by atoms with E-state index in [2.05, 4.69) is 24.3 Å². The van der Waals surface area contributed by atoms with E-state index in [1.165, 1.54) is 5.56 Å². The van der Waals surface area contributed by atoms with Crippen molar-refractivity contribution in [1.29, 1.82) is 0 Å². The first-order valence-electron chi connectivity index (χ1n) is 6.38. The lowest BCUT2D eigenvalue weighted by Gasteiger charge is -2.23. The van der Waals surface area contributed by atoms with Gasteiger partial charge in [0.05, 0.1) is 6.04 Å². The third kappa shape index (κ3) is 5.87. The minimum Gasteiger partial charge on any atom is -0.351 e. The Labute approximate surface area is 114 Å². The number of ether oxygens (including phenoxy) is 2. The second kappa shape index (κ2) is 9.39. The van der Waals surface area contributed by atoms with Crippen molar-refractivity contribution in [3.63, 3.8) is 0 Å². The van der Waals surface area contributed by atoms with Crippen molar-refractivity contribution >= 4 is 11.8 Å². The van der Waals surface area contributed by atoms with E-state index in [9.17, 15) is 0 Å². The van der Waals surface area contributed by atoms with Crippen LogP contribution in [-0.2, 0) is 15.2 Å². The normalized spacial score (nSPS) is 12.9. The summed E-state index contributed by atoms with van der Waals surface area (Å²) in [6.45, 7) is 5.16. The SMILES string of the molecule is CCOC(OCC)[C@H](N)CSCc1ccccc1. The average molecular weight is 269 g/mol. The number of thioether (sulfide) groups is 1. The second-order valence-electron chi connectivity index (χ2n) is 3.94. The van der Waals surface area contributed by atoms with Gasteiger partial charge in [-0.2, -0.15) is 11.8 Å². The smallest absolute Gasteiger partial charge is 0.173 e. The van der Waals surface area contributed by atoms with Crippen molar-refractivity contribution in [2.24, 2.45) is 5.73 Å². The van der Waals surface area contributed by atoms with Crippen LogP contribution in [-0.4, -0.2) is 31.3 Å². The molecular formula is C14H23NO2S. The first-order chi connectivity index (χ1) is 8.77.